The Kier molecular flexibility index (Phi) is 8.86. The van der Waals surface area contributed by atoms with E-state index in [0.29, 0.717) is 18.9 Å². The number of nitrogens with zero attached hydrogens (tertiary/aromatic N) is 2. The maximum Gasteiger partial charge on any atom is 0.406 e. The highest BCUT2D eigenvalue weighted by molar-refractivity contribution is 6.20. The highest BCUT2D eigenvalue weighted by Crippen LogP contribution is 2.11. The molecule has 0 aliphatic carbocycles. The van der Waals surface area contributed by atoms with Crippen LogP contribution < -0.4 is 5.32 Å². The lowest BCUT2D eigenvalue weighted by molar-refractivity contribution is 0.128. The van der Waals surface area contributed by atoms with Gasteiger partial charge in [0, 0.05) is 23.5 Å². The lowest BCUT2D eigenvalue weighted by Gasteiger charge is -2.15. The molecule has 0 aliphatic heterocycles. The molecule has 24 heavy (non-hydrogen) atoms. The van der Waals surface area contributed by atoms with Crippen molar-refractivity contribution in [2.24, 2.45) is 11.1 Å². The molecule has 1 aromatic heterocycles. The number of methoxy groups -OCH3 is 1. The van der Waals surface area contributed by atoms with Crippen molar-refractivity contribution in [2.75, 3.05) is 13.7 Å². The molecule has 6 nitrogen and oxygen atoms in total. The molecule has 0 fully saturated rings. The molecule has 0 spiro atoms. The van der Waals surface area contributed by atoms with Gasteiger partial charge in [-0.25, -0.2) is 4.79 Å². The number of hydrogen-bond donors (Lipinski definition) is 1. The first-order valence-electron chi connectivity index (χ1n) is 7.65. The summed E-state index contributed by atoms with van der Waals surface area (Å²) in [6.07, 6.45) is 3.22. The van der Waals surface area contributed by atoms with Crippen LogP contribution in [0.5, 0.6) is 0 Å². The fraction of sp³-hybridized carbons (Fsp3) is 0.471. The van der Waals surface area contributed by atoms with Crippen LogP contribution in [0.3, 0.4) is 0 Å². The van der Waals surface area contributed by atoms with Gasteiger partial charge < -0.3 is 14.9 Å². The molecule has 1 N–H and O–H groups in total. The Morgan fingerprint density at radius 1 is 1.50 bits per heavy atom. The predicted molar refractivity (Wildman–Crippen MR) is 95.2 cm³/mol. The van der Waals surface area contributed by atoms with Crippen molar-refractivity contribution in [1.82, 2.24) is 10.3 Å². The Morgan fingerprint density at radius 2 is 2.25 bits per heavy atom. The van der Waals surface area contributed by atoms with Crippen LogP contribution in [0.25, 0.3) is 0 Å². The minimum Gasteiger partial charge on any atom is -0.453 e. The number of allylic oxidation sites excluding steroid dienone is 1. The van der Waals surface area contributed by atoms with Gasteiger partial charge in [0.15, 0.2) is 6.61 Å². The first-order valence-corrected chi connectivity index (χ1v) is 8.09. The van der Waals surface area contributed by atoms with Crippen molar-refractivity contribution in [2.45, 2.75) is 32.8 Å². The molecule has 132 valence electrons. The first kappa shape index (κ1) is 20.0. The molecule has 1 rings (SSSR count). The fourth-order valence-electron chi connectivity index (χ4n) is 1.83. The van der Waals surface area contributed by atoms with E-state index in [9.17, 15) is 4.79 Å². The zero-order chi connectivity index (χ0) is 17.9. The molecule has 0 bridgehead atoms. The molecule has 1 amide bonds. The van der Waals surface area contributed by atoms with Gasteiger partial charge in [-0.1, -0.05) is 17.3 Å². The van der Waals surface area contributed by atoms with Crippen molar-refractivity contribution in [3.8, 4) is 0 Å². The Labute approximate surface area is 147 Å². The highest BCUT2D eigenvalue weighted by atomic mass is 35.5. The molecule has 0 aliphatic rings. The number of oxime groups is 1. The second-order valence-corrected chi connectivity index (χ2v) is 6.04. The molecule has 7 heteroatoms. The zero-order valence-corrected chi connectivity index (χ0v) is 15.2. The Hall–Kier alpha value is -2.08. The van der Waals surface area contributed by atoms with Gasteiger partial charge in [-0.3, -0.25) is 4.98 Å². The number of ether oxygens (including phenoxy) is 1. The summed E-state index contributed by atoms with van der Waals surface area (Å²) in [7, 11) is 1.32. The number of hydrogen-bond acceptors (Lipinski definition) is 5. The van der Waals surface area contributed by atoms with E-state index < -0.39 is 6.09 Å². The lowest BCUT2D eigenvalue weighted by Crippen LogP contribution is -2.31. The van der Waals surface area contributed by atoms with Gasteiger partial charge in [-0.05, 0) is 39.0 Å². The summed E-state index contributed by atoms with van der Waals surface area (Å²) in [5.74, 6) is -0.0469. The molecule has 1 heterocycles. The maximum absolute atomic E-state index is 11.1. The van der Waals surface area contributed by atoms with Gasteiger partial charge >= 0.3 is 6.09 Å². The van der Waals surface area contributed by atoms with Gasteiger partial charge in [0.05, 0.1) is 18.5 Å². The normalized spacial score (nSPS) is 14.3. The van der Waals surface area contributed by atoms with Crippen LogP contribution in [0.2, 0.25) is 0 Å². The van der Waals surface area contributed by atoms with E-state index in [0.717, 1.165) is 11.4 Å². The van der Waals surface area contributed by atoms with E-state index in [1.807, 2.05) is 51.1 Å². The molecule has 2 unspecified atom stereocenters. The molecule has 2 atom stereocenters. The third-order valence-electron chi connectivity index (χ3n) is 3.21. The van der Waals surface area contributed by atoms with E-state index in [1.54, 1.807) is 0 Å². The molecule has 0 radical (unpaired) electrons. The molecule has 0 saturated carbocycles. The minimum absolute atomic E-state index is 0.0469. The first-order chi connectivity index (χ1) is 11.4. The number of pyridine rings is 1. The van der Waals surface area contributed by atoms with Crippen LogP contribution in [0.4, 0.5) is 4.79 Å². The van der Waals surface area contributed by atoms with Crippen LogP contribution in [-0.2, 0) is 16.2 Å². The van der Waals surface area contributed by atoms with Crippen molar-refractivity contribution in [3.05, 3.63) is 41.7 Å². The van der Waals surface area contributed by atoms with Gasteiger partial charge in [0.1, 0.15) is 0 Å². The number of carbonyl (C=O) groups excluding carboxylic acids is 1. The standard InChI is InChI=1S/C17H24ClN3O3/c1-12-6-5-7-16(20-12)11-24-21-13(2)8-9-15(14(3)18)10-19-17(22)23-4/h5-9,14-15H,10-11H2,1-4H3,(H,19,22). The average molecular weight is 354 g/mol. The smallest absolute Gasteiger partial charge is 0.406 e. The van der Waals surface area contributed by atoms with Crippen molar-refractivity contribution < 1.29 is 14.4 Å². The summed E-state index contributed by atoms with van der Waals surface area (Å²) in [6.45, 7) is 6.31. The monoisotopic (exact) mass is 353 g/mol. The zero-order valence-electron chi connectivity index (χ0n) is 14.5. The highest BCUT2D eigenvalue weighted by Gasteiger charge is 2.13. The van der Waals surface area contributed by atoms with Crippen molar-refractivity contribution in [1.29, 1.82) is 0 Å². The van der Waals surface area contributed by atoms with Crippen LogP contribution in [0.1, 0.15) is 25.2 Å². The van der Waals surface area contributed by atoms with Crippen LogP contribution in [0, 0.1) is 12.8 Å². The summed E-state index contributed by atoms with van der Waals surface area (Å²) < 4.78 is 4.54. The SMILES string of the molecule is COC(=O)NCC(C=CC(C)=NOCc1cccc(C)n1)C(C)Cl. The quantitative estimate of drug-likeness (QED) is 0.441. The molecule has 0 aromatic carbocycles. The largest absolute Gasteiger partial charge is 0.453 e. The number of alkyl halides is 1. The van der Waals surface area contributed by atoms with Gasteiger partial charge in [0.2, 0.25) is 0 Å². The Balaban J connectivity index is 2.51. The second kappa shape index (κ2) is 10.6. The topological polar surface area (TPSA) is 72.8 Å². The number of rotatable bonds is 8. The summed E-state index contributed by atoms with van der Waals surface area (Å²) in [5, 5.41) is 6.51. The minimum atomic E-state index is -0.481. The fourth-order valence-corrected chi connectivity index (χ4v) is 2.00. The number of amides is 1. The molecule has 1 aromatic rings. The van der Waals surface area contributed by atoms with E-state index in [4.69, 9.17) is 16.4 Å². The Morgan fingerprint density at radius 3 is 2.88 bits per heavy atom. The number of halogens is 1. The summed E-state index contributed by atoms with van der Waals surface area (Å²) in [5.41, 5.74) is 2.46. The molecular formula is C17H24ClN3O3. The third kappa shape index (κ3) is 7.97. The number of alkyl carbamates (subject to hydrolysis) is 1. The predicted octanol–water partition coefficient (Wildman–Crippen LogP) is 3.44. The average Bonchev–Trinajstić information content (AvgIpc) is 2.54. The Bertz CT molecular complexity index is 588. The summed E-state index contributed by atoms with van der Waals surface area (Å²) in [6, 6.07) is 5.74. The second-order valence-electron chi connectivity index (χ2n) is 5.35. The van der Waals surface area contributed by atoms with E-state index >= 15 is 0 Å². The summed E-state index contributed by atoms with van der Waals surface area (Å²) in [4.78, 5) is 20.8. The number of carbonyl (C=O) groups is 1. The van der Waals surface area contributed by atoms with E-state index in [-0.39, 0.29) is 11.3 Å². The van der Waals surface area contributed by atoms with Gasteiger partial charge in [0.25, 0.3) is 0 Å². The third-order valence-corrected chi connectivity index (χ3v) is 3.53. The van der Waals surface area contributed by atoms with Gasteiger partial charge in [-0.2, -0.15) is 0 Å². The van der Waals surface area contributed by atoms with E-state index in [2.05, 4.69) is 20.2 Å². The number of nitrogens with one attached hydrogen (secondary N) is 1. The molecule has 0 saturated heterocycles. The van der Waals surface area contributed by atoms with Crippen molar-refractivity contribution in [3.63, 3.8) is 0 Å². The molecular weight excluding hydrogens is 330 g/mol. The number of aryl methyl sites for hydroxylation is 1. The van der Waals surface area contributed by atoms with E-state index in [1.165, 1.54) is 7.11 Å². The van der Waals surface area contributed by atoms with Crippen LogP contribution in [0.15, 0.2) is 35.5 Å². The van der Waals surface area contributed by atoms with Crippen molar-refractivity contribution >= 4 is 23.4 Å². The summed E-state index contributed by atoms with van der Waals surface area (Å²) >= 11 is 6.13. The van der Waals surface area contributed by atoms with Crippen LogP contribution >= 0.6 is 11.6 Å². The van der Waals surface area contributed by atoms with Gasteiger partial charge in [-0.15, -0.1) is 11.6 Å². The number of aromatic nitrogens is 1. The lowest BCUT2D eigenvalue weighted by atomic mass is 10.1. The maximum atomic E-state index is 11.1. The van der Waals surface area contributed by atoms with Crippen LogP contribution in [-0.4, -0.2) is 35.8 Å².